The Morgan fingerprint density at radius 3 is 2.31 bits per heavy atom. The van der Waals surface area contributed by atoms with Gasteiger partial charge in [-0.1, -0.05) is 19.3 Å². The Morgan fingerprint density at radius 2 is 1.77 bits per heavy atom. The van der Waals surface area contributed by atoms with Crippen LogP contribution in [-0.4, -0.2) is 6.10 Å². The van der Waals surface area contributed by atoms with Crippen LogP contribution in [0.2, 0.25) is 0 Å². The number of hydrogen-bond acceptors (Lipinski definition) is 1. The highest BCUT2D eigenvalue weighted by Crippen LogP contribution is 2.44. The first-order chi connectivity index (χ1) is 6.29. The monoisotopic (exact) mass is 294 g/mol. The van der Waals surface area contributed by atoms with Gasteiger partial charge in [0.05, 0.1) is 6.10 Å². The molecule has 0 saturated heterocycles. The molecule has 2 aliphatic carbocycles. The number of rotatable bonds is 2. The van der Waals surface area contributed by atoms with Crippen molar-refractivity contribution in [2.45, 2.75) is 51.6 Å². The van der Waals surface area contributed by atoms with Crippen LogP contribution in [0.4, 0.5) is 0 Å². The van der Waals surface area contributed by atoms with Gasteiger partial charge in [0.25, 0.3) is 0 Å². The number of fused-ring (bicyclic) bond motifs is 2. The zero-order valence-electron chi connectivity index (χ0n) is 8.34. The summed E-state index contributed by atoms with van der Waals surface area (Å²) in [5, 5.41) is 0. The predicted octanol–water partition coefficient (Wildman–Crippen LogP) is 3.96. The molecule has 0 aromatic heterocycles. The standard InChI is InChI=1S/C11H19IO/c1-8(13-12)11-6-9-3-2-4-10(5-9)7-11/h8-11H,2-7H2,1H3. The van der Waals surface area contributed by atoms with Crippen LogP contribution in [0.25, 0.3) is 0 Å². The molecule has 2 fully saturated rings. The van der Waals surface area contributed by atoms with Crippen molar-refractivity contribution in [3.63, 3.8) is 0 Å². The molecule has 0 aromatic rings. The van der Waals surface area contributed by atoms with E-state index >= 15 is 0 Å². The fourth-order valence-corrected chi connectivity index (χ4v) is 3.65. The Morgan fingerprint density at radius 1 is 1.15 bits per heavy atom. The molecule has 2 aliphatic rings. The minimum absolute atomic E-state index is 0.476. The highest BCUT2D eigenvalue weighted by molar-refractivity contribution is 14.1. The van der Waals surface area contributed by atoms with Crippen molar-refractivity contribution in [3.8, 4) is 0 Å². The van der Waals surface area contributed by atoms with E-state index in [9.17, 15) is 0 Å². The van der Waals surface area contributed by atoms with Crippen LogP contribution in [0.1, 0.15) is 45.4 Å². The SMILES string of the molecule is CC(OI)C1CC2CCCC(C2)C1. The van der Waals surface area contributed by atoms with Gasteiger partial charge in [-0.3, -0.25) is 0 Å². The smallest absolute Gasteiger partial charge is 0.110 e. The normalized spacial score (nSPS) is 41.5. The molecule has 2 rings (SSSR count). The van der Waals surface area contributed by atoms with Gasteiger partial charge in [-0.25, -0.2) is 0 Å². The van der Waals surface area contributed by atoms with Crippen molar-refractivity contribution >= 4 is 23.0 Å². The van der Waals surface area contributed by atoms with Crippen molar-refractivity contribution in [2.75, 3.05) is 0 Å². The lowest BCUT2D eigenvalue weighted by Crippen LogP contribution is -2.32. The van der Waals surface area contributed by atoms with Crippen LogP contribution in [0.5, 0.6) is 0 Å². The summed E-state index contributed by atoms with van der Waals surface area (Å²) in [6.45, 7) is 2.23. The summed E-state index contributed by atoms with van der Waals surface area (Å²) in [6.07, 6.45) is 9.32. The molecule has 2 heteroatoms. The molecule has 0 spiro atoms. The van der Waals surface area contributed by atoms with Crippen LogP contribution in [0.3, 0.4) is 0 Å². The molecule has 0 aliphatic heterocycles. The van der Waals surface area contributed by atoms with Crippen LogP contribution < -0.4 is 0 Å². The van der Waals surface area contributed by atoms with Gasteiger partial charge >= 0.3 is 0 Å². The van der Waals surface area contributed by atoms with E-state index in [1.54, 1.807) is 0 Å². The van der Waals surface area contributed by atoms with E-state index in [1.807, 2.05) is 0 Å². The maximum atomic E-state index is 5.42. The fourth-order valence-electron chi connectivity index (χ4n) is 3.24. The van der Waals surface area contributed by atoms with Gasteiger partial charge in [-0.05, 0) is 43.9 Å². The zero-order chi connectivity index (χ0) is 9.26. The van der Waals surface area contributed by atoms with E-state index < -0.39 is 0 Å². The summed E-state index contributed by atoms with van der Waals surface area (Å²) >= 11 is 2.06. The number of halogens is 1. The average Bonchev–Trinajstić information content (AvgIpc) is 2.16. The molecule has 13 heavy (non-hydrogen) atoms. The Labute approximate surface area is 95.3 Å². The van der Waals surface area contributed by atoms with Crippen LogP contribution in [0, 0.1) is 17.8 Å². The van der Waals surface area contributed by atoms with Gasteiger partial charge in [0.2, 0.25) is 0 Å². The molecular formula is C11H19IO. The molecule has 0 amide bonds. The van der Waals surface area contributed by atoms with Gasteiger partial charge in [0.1, 0.15) is 23.0 Å². The predicted molar refractivity (Wildman–Crippen MR) is 62.7 cm³/mol. The molecule has 76 valence electrons. The maximum absolute atomic E-state index is 5.42. The first-order valence-corrected chi connectivity index (χ1v) is 6.45. The van der Waals surface area contributed by atoms with Gasteiger partial charge in [0.15, 0.2) is 0 Å². The second-order valence-electron chi connectivity index (χ2n) is 4.92. The third-order valence-electron chi connectivity index (χ3n) is 3.97. The van der Waals surface area contributed by atoms with Crippen LogP contribution in [-0.2, 0) is 3.07 Å². The van der Waals surface area contributed by atoms with Crippen molar-refractivity contribution in [1.29, 1.82) is 0 Å². The summed E-state index contributed by atoms with van der Waals surface area (Å²) in [5.41, 5.74) is 0. The highest BCUT2D eigenvalue weighted by atomic mass is 127. The van der Waals surface area contributed by atoms with Gasteiger partial charge in [0, 0.05) is 0 Å². The van der Waals surface area contributed by atoms with Crippen LogP contribution in [0.15, 0.2) is 0 Å². The largest absolute Gasteiger partial charge is 0.312 e. The zero-order valence-corrected chi connectivity index (χ0v) is 10.5. The fraction of sp³-hybridized carbons (Fsp3) is 1.00. The molecule has 0 radical (unpaired) electrons. The van der Waals surface area contributed by atoms with E-state index in [4.69, 9.17) is 3.07 Å². The molecule has 0 heterocycles. The van der Waals surface area contributed by atoms with E-state index in [-0.39, 0.29) is 0 Å². The van der Waals surface area contributed by atoms with E-state index in [0.29, 0.717) is 6.10 Å². The molecule has 1 nitrogen and oxygen atoms in total. The Hall–Kier alpha value is 0.690. The highest BCUT2D eigenvalue weighted by Gasteiger charge is 2.34. The molecule has 3 unspecified atom stereocenters. The van der Waals surface area contributed by atoms with Gasteiger partial charge in [-0.15, -0.1) is 0 Å². The summed E-state index contributed by atoms with van der Waals surface area (Å²) < 4.78 is 5.42. The second-order valence-corrected chi connectivity index (χ2v) is 5.43. The average molecular weight is 294 g/mol. The van der Waals surface area contributed by atoms with Crippen LogP contribution >= 0.6 is 23.0 Å². The summed E-state index contributed by atoms with van der Waals surface area (Å²) in [7, 11) is 0. The summed E-state index contributed by atoms with van der Waals surface area (Å²) in [5.74, 6) is 2.92. The van der Waals surface area contributed by atoms with E-state index in [0.717, 1.165) is 17.8 Å². The lowest BCUT2D eigenvalue weighted by Gasteiger charge is -2.40. The third kappa shape index (κ3) is 2.38. The molecule has 3 atom stereocenters. The second kappa shape index (κ2) is 4.47. The maximum Gasteiger partial charge on any atom is 0.110 e. The van der Waals surface area contributed by atoms with Crippen molar-refractivity contribution in [2.24, 2.45) is 17.8 Å². The summed E-state index contributed by atoms with van der Waals surface area (Å²) in [4.78, 5) is 0. The van der Waals surface area contributed by atoms with Crippen molar-refractivity contribution in [1.82, 2.24) is 0 Å². The Kier molecular flexibility index (Phi) is 3.52. The molecule has 2 bridgehead atoms. The molecule has 2 saturated carbocycles. The van der Waals surface area contributed by atoms with E-state index in [1.165, 1.54) is 38.5 Å². The molecular weight excluding hydrogens is 275 g/mol. The lowest BCUT2D eigenvalue weighted by atomic mass is 9.67. The number of hydrogen-bond donors (Lipinski definition) is 0. The van der Waals surface area contributed by atoms with Crippen molar-refractivity contribution < 1.29 is 3.07 Å². The topological polar surface area (TPSA) is 9.23 Å². The minimum atomic E-state index is 0.476. The lowest BCUT2D eigenvalue weighted by molar-refractivity contribution is 0.0772. The summed E-state index contributed by atoms with van der Waals surface area (Å²) in [6, 6.07) is 0. The first kappa shape index (κ1) is 10.2. The molecule has 0 N–H and O–H groups in total. The van der Waals surface area contributed by atoms with Gasteiger partial charge in [-0.2, -0.15) is 0 Å². The first-order valence-electron chi connectivity index (χ1n) is 5.57. The minimum Gasteiger partial charge on any atom is -0.312 e. The quantitative estimate of drug-likeness (QED) is 0.700. The van der Waals surface area contributed by atoms with Gasteiger partial charge < -0.3 is 3.07 Å². The Balaban J connectivity index is 1.93. The van der Waals surface area contributed by atoms with E-state index in [2.05, 4.69) is 29.9 Å². The molecule has 0 aromatic carbocycles. The van der Waals surface area contributed by atoms with Crippen molar-refractivity contribution in [3.05, 3.63) is 0 Å². The third-order valence-corrected chi connectivity index (χ3v) is 4.77. The Bertz CT molecular complexity index is 159.